The molecule has 1 aromatic carbocycles. The summed E-state index contributed by atoms with van der Waals surface area (Å²) in [5.41, 5.74) is 8.27. The lowest BCUT2D eigenvalue weighted by Crippen LogP contribution is -2.07. The zero-order valence-electron chi connectivity index (χ0n) is 12.2. The highest BCUT2D eigenvalue weighted by molar-refractivity contribution is 5.84. The Bertz CT molecular complexity index is 522. The van der Waals surface area contributed by atoms with Crippen LogP contribution in [-0.2, 0) is 22.4 Å². The van der Waals surface area contributed by atoms with Gasteiger partial charge in [0.25, 0.3) is 0 Å². The highest BCUT2D eigenvalue weighted by Crippen LogP contribution is 2.21. The van der Waals surface area contributed by atoms with Crippen molar-refractivity contribution in [1.82, 2.24) is 4.57 Å². The van der Waals surface area contributed by atoms with Gasteiger partial charge in [0.2, 0.25) is 0 Å². The first-order valence-corrected chi connectivity index (χ1v) is 7.20. The van der Waals surface area contributed by atoms with E-state index in [1.165, 1.54) is 16.5 Å². The van der Waals surface area contributed by atoms with Gasteiger partial charge in [-0.1, -0.05) is 18.2 Å². The summed E-state index contributed by atoms with van der Waals surface area (Å²) in [5.74, 6) is 0. The topological polar surface area (TPSA) is 49.4 Å². The van der Waals surface area contributed by atoms with Gasteiger partial charge in [-0.05, 0) is 31.0 Å². The van der Waals surface area contributed by atoms with Gasteiger partial charge in [-0.25, -0.2) is 0 Å². The number of benzene rings is 1. The summed E-state index contributed by atoms with van der Waals surface area (Å²) in [6.07, 6.45) is 4.07. The first-order chi connectivity index (χ1) is 9.86. The Hall–Kier alpha value is -1.36. The molecule has 2 N–H and O–H groups in total. The molecular formula is C16H24N2O2. The van der Waals surface area contributed by atoms with Crippen LogP contribution in [0.4, 0.5) is 0 Å². The predicted octanol–water partition coefficient (Wildman–Crippen LogP) is 2.20. The summed E-state index contributed by atoms with van der Waals surface area (Å²) in [7, 11) is 1.71. The molecule has 4 heteroatoms. The predicted molar refractivity (Wildman–Crippen MR) is 82.0 cm³/mol. The molecule has 0 fully saturated rings. The molecule has 0 aliphatic heterocycles. The summed E-state index contributed by atoms with van der Waals surface area (Å²) in [4.78, 5) is 0. The van der Waals surface area contributed by atoms with E-state index in [1.807, 2.05) is 0 Å². The molecule has 0 aliphatic rings. The third-order valence-corrected chi connectivity index (χ3v) is 3.40. The van der Waals surface area contributed by atoms with E-state index in [4.69, 9.17) is 15.2 Å². The molecule has 0 aliphatic carbocycles. The van der Waals surface area contributed by atoms with Crippen molar-refractivity contribution in [3.63, 3.8) is 0 Å². The average molecular weight is 276 g/mol. The van der Waals surface area contributed by atoms with Gasteiger partial charge in [0, 0.05) is 44.0 Å². The van der Waals surface area contributed by atoms with Crippen LogP contribution in [0.3, 0.4) is 0 Å². The third kappa shape index (κ3) is 3.82. The normalized spacial score (nSPS) is 11.3. The van der Waals surface area contributed by atoms with Crippen LogP contribution in [-0.4, -0.2) is 38.0 Å². The van der Waals surface area contributed by atoms with E-state index >= 15 is 0 Å². The number of nitrogens with two attached hydrogens (primary N) is 1. The summed E-state index contributed by atoms with van der Waals surface area (Å²) < 4.78 is 12.9. The van der Waals surface area contributed by atoms with Crippen LogP contribution < -0.4 is 5.73 Å². The first kappa shape index (κ1) is 15.0. The Labute approximate surface area is 120 Å². The zero-order chi connectivity index (χ0) is 14.2. The van der Waals surface area contributed by atoms with E-state index in [2.05, 4.69) is 35.0 Å². The second-order valence-electron chi connectivity index (χ2n) is 4.86. The van der Waals surface area contributed by atoms with Crippen molar-refractivity contribution < 1.29 is 9.47 Å². The number of para-hydroxylation sites is 1. The van der Waals surface area contributed by atoms with Crippen molar-refractivity contribution in [3.05, 3.63) is 36.0 Å². The van der Waals surface area contributed by atoms with Crippen molar-refractivity contribution >= 4 is 10.9 Å². The lowest BCUT2D eigenvalue weighted by Gasteiger charge is -2.06. The quantitative estimate of drug-likeness (QED) is 0.714. The second-order valence-corrected chi connectivity index (χ2v) is 4.86. The SMILES string of the molecule is COCCCOCCn1cc(CCN)c2ccccc21. The molecule has 0 amide bonds. The molecule has 2 aromatic rings. The zero-order valence-corrected chi connectivity index (χ0v) is 12.2. The molecule has 0 saturated carbocycles. The number of aromatic nitrogens is 1. The van der Waals surface area contributed by atoms with Gasteiger partial charge in [-0.15, -0.1) is 0 Å². The van der Waals surface area contributed by atoms with Gasteiger partial charge in [-0.3, -0.25) is 0 Å². The number of hydrogen-bond donors (Lipinski definition) is 1. The molecule has 1 heterocycles. The number of nitrogens with zero attached hydrogens (tertiary/aromatic N) is 1. The summed E-state index contributed by atoms with van der Waals surface area (Å²) in [6.45, 7) is 3.79. The van der Waals surface area contributed by atoms with Gasteiger partial charge < -0.3 is 19.8 Å². The van der Waals surface area contributed by atoms with E-state index in [-0.39, 0.29) is 0 Å². The lowest BCUT2D eigenvalue weighted by atomic mass is 10.1. The lowest BCUT2D eigenvalue weighted by molar-refractivity contribution is 0.0982. The van der Waals surface area contributed by atoms with Crippen LogP contribution >= 0.6 is 0 Å². The van der Waals surface area contributed by atoms with E-state index in [1.54, 1.807) is 7.11 Å². The average Bonchev–Trinajstić information content (AvgIpc) is 2.82. The maximum Gasteiger partial charge on any atom is 0.0645 e. The van der Waals surface area contributed by atoms with Crippen LogP contribution in [0.5, 0.6) is 0 Å². The van der Waals surface area contributed by atoms with Crippen LogP contribution in [0.15, 0.2) is 30.5 Å². The highest BCUT2D eigenvalue weighted by atomic mass is 16.5. The van der Waals surface area contributed by atoms with E-state index in [9.17, 15) is 0 Å². The maximum absolute atomic E-state index is 5.68. The minimum atomic E-state index is 0.682. The van der Waals surface area contributed by atoms with Crippen molar-refractivity contribution in [1.29, 1.82) is 0 Å². The number of ether oxygens (including phenoxy) is 2. The van der Waals surface area contributed by atoms with Crippen LogP contribution in [0.2, 0.25) is 0 Å². The fourth-order valence-corrected chi connectivity index (χ4v) is 2.43. The minimum absolute atomic E-state index is 0.682. The molecule has 0 radical (unpaired) electrons. The van der Waals surface area contributed by atoms with Gasteiger partial charge >= 0.3 is 0 Å². The molecule has 0 unspecified atom stereocenters. The minimum Gasteiger partial charge on any atom is -0.385 e. The smallest absolute Gasteiger partial charge is 0.0645 e. The molecule has 2 rings (SSSR count). The molecule has 110 valence electrons. The van der Waals surface area contributed by atoms with Gasteiger partial charge in [0.15, 0.2) is 0 Å². The van der Waals surface area contributed by atoms with E-state index < -0.39 is 0 Å². The fourth-order valence-electron chi connectivity index (χ4n) is 2.43. The Balaban J connectivity index is 1.95. The second kappa shape index (κ2) is 8.04. The first-order valence-electron chi connectivity index (χ1n) is 7.20. The third-order valence-electron chi connectivity index (χ3n) is 3.40. The molecule has 0 atom stereocenters. The van der Waals surface area contributed by atoms with Crippen LogP contribution in [0.25, 0.3) is 10.9 Å². The maximum atomic E-state index is 5.68. The van der Waals surface area contributed by atoms with Crippen LogP contribution in [0, 0.1) is 0 Å². The molecular weight excluding hydrogens is 252 g/mol. The molecule has 0 saturated heterocycles. The number of fused-ring (bicyclic) bond motifs is 1. The molecule has 0 spiro atoms. The highest BCUT2D eigenvalue weighted by Gasteiger charge is 2.06. The van der Waals surface area contributed by atoms with Crippen molar-refractivity contribution in [2.45, 2.75) is 19.4 Å². The fraction of sp³-hybridized carbons (Fsp3) is 0.500. The Kier molecular flexibility index (Phi) is 6.05. The van der Waals surface area contributed by atoms with Crippen molar-refractivity contribution in [2.75, 3.05) is 33.5 Å². The van der Waals surface area contributed by atoms with Gasteiger partial charge in [-0.2, -0.15) is 0 Å². The van der Waals surface area contributed by atoms with Crippen LogP contribution in [0.1, 0.15) is 12.0 Å². The number of methoxy groups -OCH3 is 1. The van der Waals surface area contributed by atoms with E-state index in [0.717, 1.165) is 39.2 Å². The summed E-state index contributed by atoms with van der Waals surface area (Å²) in [6, 6.07) is 8.47. The standard InChI is InChI=1S/C16H24N2O2/c1-19-10-4-11-20-12-9-18-13-14(7-8-17)15-5-2-3-6-16(15)18/h2-3,5-6,13H,4,7-12,17H2,1H3. The van der Waals surface area contributed by atoms with Crippen molar-refractivity contribution in [3.8, 4) is 0 Å². The Morgan fingerprint density at radius 3 is 2.80 bits per heavy atom. The van der Waals surface area contributed by atoms with Gasteiger partial charge in [0.1, 0.15) is 0 Å². The van der Waals surface area contributed by atoms with Gasteiger partial charge in [0.05, 0.1) is 6.61 Å². The molecule has 4 nitrogen and oxygen atoms in total. The monoisotopic (exact) mass is 276 g/mol. The Morgan fingerprint density at radius 2 is 2.00 bits per heavy atom. The molecule has 1 aromatic heterocycles. The largest absolute Gasteiger partial charge is 0.385 e. The summed E-state index contributed by atoms with van der Waals surface area (Å²) >= 11 is 0. The molecule has 20 heavy (non-hydrogen) atoms. The van der Waals surface area contributed by atoms with E-state index in [0.29, 0.717) is 6.54 Å². The molecule has 0 bridgehead atoms. The summed E-state index contributed by atoms with van der Waals surface area (Å²) in [5, 5.41) is 1.30. The number of hydrogen-bond acceptors (Lipinski definition) is 3. The Morgan fingerprint density at radius 1 is 1.15 bits per heavy atom. The van der Waals surface area contributed by atoms with Crippen molar-refractivity contribution in [2.24, 2.45) is 5.73 Å². The number of rotatable bonds is 9.